The highest BCUT2D eigenvalue weighted by atomic mass is 19.1. The lowest BCUT2D eigenvalue weighted by Gasteiger charge is -2.09. The number of aromatic nitrogens is 4. The van der Waals surface area contributed by atoms with Gasteiger partial charge in [0.2, 0.25) is 5.82 Å². The van der Waals surface area contributed by atoms with Crippen molar-refractivity contribution < 1.29 is 9.50 Å². The van der Waals surface area contributed by atoms with Crippen molar-refractivity contribution in [3.63, 3.8) is 0 Å². The summed E-state index contributed by atoms with van der Waals surface area (Å²) >= 11 is 0. The van der Waals surface area contributed by atoms with E-state index in [4.69, 9.17) is 5.73 Å². The van der Waals surface area contributed by atoms with Crippen LogP contribution >= 0.6 is 0 Å². The van der Waals surface area contributed by atoms with Crippen LogP contribution in [0.2, 0.25) is 0 Å². The highest BCUT2D eigenvalue weighted by molar-refractivity contribution is 5.87. The van der Waals surface area contributed by atoms with Gasteiger partial charge in [-0.25, -0.2) is 19.3 Å². The number of hydrogen-bond acceptors (Lipinski definition) is 6. The molecule has 0 aliphatic heterocycles. The number of fused-ring (bicyclic) bond motifs is 1. The van der Waals surface area contributed by atoms with Gasteiger partial charge < -0.3 is 10.8 Å². The van der Waals surface area contributed by atoms with Crippen LogP contribution in [0.3, 0.4) is 0 Å². The first-order chi connectivity index (χ1) is 16.5. The number of nitrogens with two attached hydrogens (primary N) is 1. The lowest BCUT2D eigenvalue weighted by Crippen LogP contribution is -2.04. The van der Waals surface area contributed by atoms with Crippen LogP contribution in [0.15, 0.2) is 48.5 Å². The molecule has 4 rings (SSSR count). The Labute approximate surface area is 196 Å². The third kappa shape index (κ3) is 4.88. The summed E-state index contributed by atoms with van der Waals surface area (Å²) in [5.41, 5.74) is 8.47. The van der Waals surface area contributed by atoms with Gasteiger partial charge in [-0.3, -0.25) is 4.57 Å². The summed E-state index contributed by atoms with van der Waals surface area (Å²) in [6.45, 7) is 2.09. The Morgan fingerprint density at radius 3 is 2.71 bits per heavy atom. The van der Waals surface area contributed by atoms with Gasteiger partial charge >= 0.3 is 0 Å². The lowest BCUT2D eigenvalue weighted by atomic mass is 10.1. The van der Waals surface area contributed by atoms with Gasteiger partial charge in [0, 0.05) is 5.56 Å². The van der Waals surface area contributed by atoms with Crippen LogP contribution in [0.1, 0.15) is 44.0 Å². The molecule has 0 spiro atoms. The van der Waals surface area contributed by atoms with Gasteiger partial charge in [-0.2, -0.15) is 5.26 Å². The number of aliphatic hydroxyl groups excluding tert-OH is 1. The van der Waals surface area contributed by atoms with Crippen molar-refractivity contribution in [1.82, 2.24) is 19.5 Å². The minimum absolute atomic E-state index is 0.114. The second-order valence-electron chi connectivity index (χ2n) is 7.83. The van der Waals surface area contributed by atoms with Gasteiger partial charge in [0.25, 0.3) is 0 Å². The van der Waals surface area contributed by atoms with E-state index in [2.05, 4.69) is 39.8 Å². The highest BCUT2D eigenvalue weighted by Gasteiger charge is 2.19. The molecule has 0 aliphatic carbocycles. The molecule has 2 heterocycles. The SMILES string of the molecule is CCCCCC(O)C#Cc1nc(N)c2nc(-c3cccc(F)c3)n(-c3cccc(C#N)c3)c2n1. The average Bonchev–Trinajstić information content (AvgIpc) is 3.23. The molecule has 1 atom stereocenters. The summed E-state index contributed by atoms with van der Waals surface area (Å²) in [5, 5.41) is 19.5. The van der Waals surface area contributed by atoms with E-state index in [0.29, 0.717) is 40.2 Å². The molecule has 0 fully saturated rings. The van der Waals surface area contributed by atoms with Gasteiger partial charge in [-0.15, -0.1) is 0 Å². The Hall–Kier alpha value is -4.27. The van der Waals surface area contributed by atoms with Gasteiger partial charge in [0.05, 0.1) is 17.3 Å². The Bertz CT molecular complexity index is 1440. The van der Waals surface area contributed by atoms with Crippen molar-refractivity contribution in [3.8, 4) is 35.0 Å². The number of unbranched alkanes of at least 4 members (excludes halogenated alkanes) is 2. The molecule has 2 aromatic carbocycles. The number of halogens is 1. The van der Waals surface area contributed by atoms with E-state index in [1.54, 1.807) is 41.0 Å². The first-order valence-electron chi connectivity index (χ1n) is 11.0. The number of aliphatic hydroxyl groups is 1. The number of nitriles is 1. The fraction of sp³-hybridized carbons (Fsp3) is 0.231. The smallest absolute Gasteiger partial charge is 0.209 e. The summed E-state index contributed by atoms with van der Waals surface area (Å²) in [5.74, 6) is 5.82. The molecule has 8 heteroatoms. The van der Waals surface area contributed by atoms with Gasteiger partial charge in [-0.1, -0.05) is 43.9 Å². The quantitative estimate of drug-likeness (QED) is 0.330. The molecule has 4 aromatic rings. The normalized spacial score (nSPS) is 11.6. The maximum atomic E-state index is 14.0. The van der Waals surface area contributed by atoms with Crippen LogP contribution in [0.5, 0.6) is 0 Å². The topological polar surface area (TPSA) is 114 Å². The van der Waals surface area contributed by atoms with Crippen LogP contribution in [0.25, 0.3) is 28.2 Å². The van der Waals surface area contributed by atoms with Crippen molar-refractivity contribution in [2.75, 3.05) is 5.73 Å². The van der Waals surface area contributed by atoms with Gasteiger partial charge in [0.15, 0.2) is 17.0 Å². The summed E-state index contributed by atoms with van der Waals surface area (Å²) in [7, 11) is 0. The third-order valence-electron chi connectivity index (χ3n) is 5.28. The zero-order valence-electron chi connectivity index (χ0n) is 18.7. The fourth-order valence-corrected chi connectivity index (χ4v) is 3.62. The van der Waals surface area contributed by atoms with E-state index < -0.39 is 11.9 Å². The number of hydrogen-bond donors (Lipinski definition) is 2. The van der Waals surface area contributed by atoms with E-state index in [-0.39, 0.29) is 11.6 Å². The summed E-state index contributed by atoms with van der Waals surface area (Å²) in [4.78, 5) is 13.4. The molecule has 0 saturated heterocycles. The maximum absolute atomic E-state index is 14.0. The third-order valence-corrected chi connectivity index (χ3v) is 5.28. The Balaban J connectivity index is 1.88. The second kappa shape index (κ2) is 10.1. The molecule has 7 nitrogen and oxygen atoms in total. The van der Waals surface area contributed by atoms with Crippen molar-refractivity contribution in [2.45, 2.75) is 38.7 Å². The number of anilines is 1. The monoisotopic (exact) mass is 454 g/mol. The van der Waals surface area contributed by atoms with E-state index in [0.717, 1.165) is 19.3 Å². The zero-order valence-corrected chi connectivity index (χ0v) is 18.7. The highest BCUT2D eigenvalue weighted by Crippen LogP contribution is 2.30. The first-order valence-corrected chi connectivity index (χ1v) is 11.0. The van der Waals surface area contributed by atoms with Crippen LogP contribution < -0.4 is 5.73 Å². The Kier molecular flexibility index (Phi) is 6.82. The molecule has 34 heavy (non-hydrogen) atoms. The van der Waals surface area contributed by atoms with Gasteiger partial charge in [0.1, 0.15) is 17.7 Å². The van der Waals surface area contributed by atoms with Crippen molar-refractivity contribution >= 4 is 17.0 Å². The number of imidazole rings is 1. The van der Waals surface area contributed by atoms with Crippen LogP contribution in [-0.2, 0) is 0 Å². The molecule has 0 bridgehead atoms. The fourth-order valence-electron chi connectivity index (χ4n) is 3.62. The number of nitrogen functional groups attached to an aromatic ring is 1. The van der Waals surface area contributed by atoms with E-state index in [9.17, 15) is 14.8 Å². The first kappa shape index (κ1) is 22.9. The molecule has 0 aliphatic rings. The van der Waals surface area contributed by atoms with E-state index in [1.165, 1.54) is 12.1 Å². The largest absolute Gasteiger partial charge is 0.382 e. The summed E-state index contributed by atoms with van der Waals surface area (Å²) in [6, 6.07) is 15.1. The predicted molar refractivity (Wildman–Crippen MR) is 128 cm³/mol. The molecule has 170 valence electrons. The maximum Gasteiger partial charge on any atom is 0.209 e. The van der Waals surface area contributed by atoms with Crippen molar-refractivity contribution in [3.05, 3.63) is 65.7 Å². The molecule has 3 N–H and O–H groups in total. The number of benzene rings is 2. The standard InChI is InChI=1S/C26H23FN6O/c1-2-3-4-11-21(34)12-13-22-30-24(29)23-26(31-22)33(20-10-5-7-17(14-20)16-28)25(32-23)18-8-6-9-19(27)15-18/h5-10,14-15,21,34H,2-4,11H2,1H3,(H2,29,30,31). The Morgan fingerprint density at radius 1 is 1.12 bits per heavy atom. The minimum atomic E-state index is -0.785. The molecule has 1 unspecified atom stereocenters. The molecular formula is C26H23FN6O. The lowest BCUT2D eigenvalue weighted by molar-refractivity contribution is 0.217. The van der Waals surface area contributed by atoms with Crippen LogP contribution in [-0.4, -0.2) is 30.7 Å². The molecular weight excluding hydrogens is 431 g/mol. The number of rotatable bonds is 6. The van der Waals surface area contributed by atoms with Crippen LogP contribution in [0, 0.1) is 29.0 Å². The zero-order chi connectivity index (χ0) is 24.1. The molecule has 0 radical (unpaired) electrons. The minimum Gasteiger partial charge on any atom is -0.382 e. The summed E-state index contributed by atoms with van der Waals surface area (Å²) < 4.78 is 15.7. The Morgan fingerprint density at radius 2 is 1.94 bits per heavy atom. The number of nitrogens with zero attached hydrogens (tertiary/aromatic N) is 5. The average molecular weight is 455 g/mol. The molecule has 0 saturated carbocycles. The van der Waals surface area contributed by atoms with Crippen molar-refractivity contribution in [2.24, 2.45) is 0 Å². The molecule has 2 aromatic heterocycles. The predicted octanol–water partition coefficient (Wildman–Crippen LogP) is 4.37. The second-order valence-corrected chi connectivity index (χ2v) is 7.83. The van der Waals surface area contributed by atoms with E-state index >= 15 is 0 Å². The van der Waals surface area contributed by atoms with E-state index in [1.807, 2.05) is 0 Å². The van der Waals surface area contributed by atoms with Crippen LogP contribution in [0.4, 0.5) is 10.2 Å². The summed E-state index contributed by atoms with van der Waals surface area (Å²) in [6.07, 6.45) is 2.75. The van der Waals surface area contributed by atoms with Gasteiger partial charge in [-0.05, 0) is 49.1 Å². The van der Waals surface area contributed by atoms with Crippen molar-refractivity contribution in [1.29, 1.82) is 5.26 Å². The molecule has 0 amide bonds.